The summed E-state index contributed by atoms with van der Waals surface area (Å²) in [6.45, 7) is 6.76. The summed E-state index contributed by atoms with van der Waals surface area (Å²) in [7, 11) is 1.67. The standard InChI is InChI=1S/C18H23NO2/c1-18(2,3)11-17(20)19-12-13-5-6-15-10-16(21-4)8-7-14(15)9-13/h5-10H,11-12H2,1-4H3,(H,19,20). The van der Waals surface area contributed by atoms with Crippen LogP contribution in [0.3, 0.4) is 0 Å². The first-order chi connectivity index (χ1) is 9.87. The predicted octanol–water partition coefficient (Wildman–Crippen LogP) is 3.90. The highest BCUT2D eigenvalue weighted by atomic mass is 16.5. The summed E-state index contributed by atoms with van der Waals surface area (Å²) in [6, 6.07) is 12.2. The van der Waals surface area contributed by atoms with Crippen LogP contribution >= 0.6 is 0 Å². The number of ether oxygens (including phenoxy) is 1. The van der Waals surface area contributed by atoms with Crippen LogP contribution in [-0.2, 0) is 11.3 Å². The van der Waals surface area contributed by atoms with Gasteiger partial charge in [-0.1, -0.05) is 39.0 Å². The molecule has 0 radical (unpaired) electrons. The quantitative estimate of drug-likeness (QED) is 0.925. The Morgan fingerprint density at radius 2 is 1.76 bits per heavy atom. The lowest BCUT2D eigenvalue weighted by atomic mass is 9.92. The highest BCUT2D eigenvalue weighted by Gasteiger charge is 2.15. The van der Waals surface area contributed by atoms with Crippen LogP contribution in [0.1, 0.15) is 32.8 Å². The molecule has 21 heavy (non-hydrogen) atoms. The first-order valence-electron chi connectivity index (χ1n) is 7.21. The van der Waals surface area contributed by atoms with Gasteiger partial charge in [0.2, 0.25) is 5.91 Å². The third-order valence-corrected chi connectivity index (χ3v) is 3.29. The molecular weight excluding hydrogens is 262 g/mol. The normalized spacial score (nSPS) is 11.4. The molecule has 3 nitrogen and oxygen atoms in total. The molecule has 0 aliphatic rings. The number of nitrogens with one attached hydrogen (secondary N) is 1. The minimum atomic E-state index is 0.0179. The van der Waals surface area contributed by atoms with Gasteiger partial charge >= 0.3 is 0 Å². The van der Waals surface area contributed by atoms with Gasteiger partial charge in [0.1, 0.15) is 5.75 Å². The second kappa shape index (κ2) is 6.17. The first kappa shape index (κ1) is 15.4. The van der Waals surface area contributed by atoms with E-state index >= 15 is 0 Å². The summed E-state index contributed by atoms with van der Waals surface area (Å²) >= 11 is 0. The summed E-state index contributed by atoms with van der Waals surface area (Å²) < 4.78 is 5.22. The molecule has 1 amide bonds. The molecule has 0 saturated heterocycles. The van der Waals surface area contributed by atoms with E-state index in [0.29, 0.717) is 13.0 Å². The largest absolute Gasteiger partial charge is 0.497 e. The molecule has 0 bridgehead atoms. The second-order valence-electron chi connectivity index (χ2n) is 6.56. The number of methoxy groups -OCH3 is 1. The molecule has 0 spiro atoms. The Balaban J connectivity index is 2.04. The van der Waals surface area contributed by atoms with Crippen molar-refractivity contribution in [2.75, 3.05) is 7.11 Å². The monoisotopic (exact) mass is 285 g/mol. The van der Waals surface area contributed by atoms with Crippen LogP contribution in [0.25, 0.3) is 10.8 Å². The Labute approximate surface area is 126 Å². The molecule has 0 atom stereocenters. The maximum Gasteiger partial charge on any atom is 0.220 e. The van der Waals surface area contributed by atoms with Crippen LogP contribution in [0.15, 0.2) is 36.4 Å². The number of carbonyl (C=O) groups is 1. The number of amides is 1. The molecule has 0 heterocycles. The fourth-order valence-electron chi connectivity index (χ4n) is 2.26. The average Bonchev–Trinajstić information content (AvgIpc) is 2.42. The maximum atomic E-state index is 11.9. The van der Waals surface area contributed by atoms with Gasteiger partial charge in [0.15, 0.2) is 0 Å². The molecule has 3 heteroatoms. The van der Waals surface area contributed by atoms with Gasteiger partial charge in [-0.25, -0.2) is 0 Å². The third kappa shape index (κ3) is 4.48. The van der Waals surface area contributed by atoms with Crippen molar-refractivity contribution in [3.8, 4) is 5.75 Å². The summed E-state index contributed by atoms with van der Waals surface area (Å²) in [5, 5.41) is 5.27. The molecule has 2 aromatic carbocycles. The summed E-state index contributed by atoms with van der Waals surface area (Å²) in [5.74, 6) is 0.950. The smallest absolute Gasteiger partial charge is 0.220 e. The first-order valence-corrected chi connectivity index (χ1v) is 7.21. The zero-order chi connectivity index (χ0) is 15.5. The summed E-state index contributed by atoms with van der Waals surface area (Å²) in [6.07, 6.45) is 0.539. The Kier molecular flexibility index (Phi) is 4.51. The predicted molar refractivity (Wildman–Crippen MR) is 86.4 cm³/mol. The van der Waals surface area contributed by atoms with E-state index in [2.05, 4.69) is 38.2 Å². The van der Waals surface area contributed by atoms with Crippen molar-refractivity contribution in [1.29, 1.82) is 0 Å². The van der Waals surface area contributed by atoms with Gasteiger partial charge in [-0.3, -0.25) is 4.79 Å². The molecule has 112 valence electrons. The molecule has 0 fully saturated rings. The molecule has 0 unspecified atom stereocenters. The topological polar surface area (TPSA) is 38.3 Å². The van der Waals surface area contributed by atoms with Crippen LogP contribution in [0, 0.1) is 5.41 Å². The Hall–Kier alpha value is -2.03. The van der Waals surface area contributed by atoms with Crippen LogP contribution in [0.5, 0.6) is 5.75 Å². The van der Waals surface area contributed by atoms with Gasteiger partial charge < -0.3 is 10.1 Å². The SMILES string of the molecule is COc1ccc2cc(CNC(=O)CC(C)(C)C)ccc2c1. The zero-order valence-electron chi connectivity index (χ0n) is 13.2. The van der Waals surface area contributed by atoms with Crippen LogP contribution in [-0.4, -0.2) is 13.0 Å². The molecule has 2 aromatic rings. The van der Waals surface area contributed by atoms with Gasteiger partial charge in [0.25, 0.3) is 0 Å². The van der Waals surface area contributed by atoms with E-state index in [1.165, 1.54) is 0 Å². The van der Waals surface area contributed by atoms with Gasteiger partial charge in [-0.05, 0) is 39.9 Å². The molecule has 2 rings (SSSR count). The summed E-state index contributed by atoms with van der Waals surface area (Å²) in [4.78, 5) is 11.9. The van der Waals surface area contributed by atoms with Crippen molar-refractivity contribution < 1.29 is 9.53 Å². The minimum absolute atomic E-state index is 0.0179. The Morgan fingerprint density at radius 1 is 1.10 bits per heavy atom. The molecule has 0 saturated carbocycles. The minimum Gasteiger partial charge on any atom is -0.497 e. The number of carbonyl (C=O) groups excluding carboxylic acids is 1. The molecule has 0 aromatic heterocycles. The second-order valence-corrected chi connectivity index (χ2v) is 6.56. The average molecular weight is 285 g/mol. The van der Waals surface area contributed by atoms with E-state index < -0.39 is 0 Å². The van der Waals surface area contributed by atoms with E-state index in [4.69, 9.17) is 4.74 Å². The van der Waals surface area contributed by atoms with Crippen LogP contribution < -0.4 is 10.1 Å². The van der Waals surface area contributed by atoms with E-state index in [1.54, 1.807) is 7.11 Å². The Morgan fingerprint density at radius 3 is 2.43 bits per heavy atom. The van der Waals surface area contributed by atoms with Crippen LogP contribution in [0.4, 0.5) is 0 Å². The van der Waals surface area contributed by atoms with Gasteiger partial charge in [0.05, 0.1) is 7.11 Å². The lowest BCUT2D eigenvalue weighted by Crippen LogP contribution is -2.27. The maximum absolute atomic E-state index is 11.9. The molecule has 0 aliphatic carbocycles. The van der Waals surface area contributed by atoms with Crippen molar-refractivity contribution in [3.05, 3.63) is 42.0 Å². The lowest BCUT2D eigenvalue weighted by Gasteiger charge is -2.17. The third-order valence-electron chi connectivity index (χ3n) is 3.29. The van der Waals surface area contributed by atoms with E-state index in [-0.39, 0.29) is 11.3 Å². The number of hydrogen-bond donors (Lipinski definition) is 1. The highest BCUT2D eigenvalue weighted by Crippen LogP contribution is 2.22. The van der Waals surface area contributed by atoms with Gasteiger partial charge in [0, 0.05) is 13.0 Å². The molecule has 0 aliphatic heterocycles. The number of benzene rings is 2. The zero-order valence-corrected chi connectivity index (χ0v) is 13.2. The van der Waals surface area contributed by atoms with Gasteiger partial charge in [-0.15, -0.1) is 0 Å². The lowest BCUT2D eigenvalue weighted by molar-refractivity contribution is -0.122. The number of rotatable bonds is 4. The van der Waals surface area contributed by atoms with E-state index in [9.17, 15) is 4.79 Å². The van der Waals surface area contributed by atoms with E-state index in [0.717, 1.165) is 22.1 Å². The molecular formula is C18H23NO2. The summed E-state index contributed by atoms with van der Waals surface area (Å²) in [5.41, 5.74) is 1.12. The Bertz CT molecular complexity index is 641. The number of fused-ring (bicyclic) bond motifs is 1. The fraction of sp³-hybridized carbons (Fsp3) is 0.389. The van der Waals surface area contributed by atoms with Crippen molar-refractivity contribution in [3.63, 3.8) is 0 Å². The highest BCUT2D eigenvalue weighted by molar-refractivity contribution is 5.84. The van der Waals surface area contributed by atoms with Crippen molar-refractivity contribution in [1.82, 2.24) is 5.32 Å². The van der Waals surface area contributed by atoms with E-state index in [1.807, 2.05) is 24.3 Å². The van der Waals surface area contributed by atoms with Crippen molar-refractivity contribution >= 4 is 16.7 Å². The van der Waals surface area contributed by atoms with Crippen molar-refractivity contribution in [2.24, 2.45) is 5.41 Å². The van der Waals surface area contributed by atoms with Crippen molar-refractivity contribution in [2.45, 2.75) is 33.7 Å². The molecule has 1 N–H and O–H groups in total. The fourth-order valence-corrected chi connectivity index (χ4v) is 2.26. The van der Waals surface area contributed by atoms with Crippen LogP contribution in [0.2, 0.25) is 0 Å². The number of hydrogen-bond acceptors (Lipinski definition) is 2. The van der Waals surface area contributed by atoms with Gasteiger partial charge in [-0.2, -0.15) is 0 Å².